The van der Waals surface area contributed by atoms with Crippen molar-refractivity contribution in [3.63, 3.8) is 0 Å². The van der Waals surface area contributed by atoms with E-state index in [1.165, 1.54) is 5.56 Å². The first kappa shape index (κ1) is 16.6. The predicted molar refractivity (Wildman–Crippen MR) is 91.0 cm³/mol. The van der Waals surface area contributed by atoms with Crippen LogP contribution in [0.4, 0.5) is 0 Å². The van der Waals surface area contributed by atoms with E-state index in [1.54, 1.807) is 6.92 Å². The van der Waals surface area contributed by atoms with Gasteiger partial charge >= 0.3 is 0 Å². The number of hydrogen-bond donors (Lipinski definition) is 0. The fraction of sp³-hybridized carbons (Fsp3) is 0.389. The van der Waals surface area contributed by atoms with Crippen LogP contribution in [-0.2, 0) is 17.9 Å². The highest BCUT2D eigenvalue weighted by Crippen LogP contribution is 2.13. The van der Waals surface area contributed by atoms with Gasteiger partial charge < -0.3 is 9.47 Å². The summed E-state index contributed by atoms with van der Waals surface area (Å²) in [5.41, 5.74) is 2.38. The molecule has 118 valence electrons. The maximum Gasteiger partial charge on any atom is 0.240 e. The molecule has 0 radical (unpaired) electrons. The van der Waals surface area contributed by atoms with Crippen molar-refractivity contribution in [1.29, 1.82) is 0 Å². The predicted octanol–water partition coefficient (Wildman–Crippen LogP) is 3.90. The average molecular weight is 319 g/mol. The topological polar surface area (TPSA) is 25.2 Å². The van der Waals surface area contributed by atoms with E-state index in [4.69, 9.17) is 11.6 Å². The largest absolute Gasteiger partial charge is 0.345 e. The van der Waals surface area contributed by atoms with Crippen LogP contribution in [0.1, 0.15) is 31.5 Å². The summed E-state index contributed by atoms with van der Waals surface area (Å²) in [6, 6.07) is 14.4. The van der Waals surface area contributed by atoms with E-state index in [1.807, 2.05) is 29.2 Å². The third-order valence-electron chi connectivity index (χ3n) is 3.62. The molecule has 3 nitrogen and oxygen atoms in total. The summed E-state index contributed by atoms with van der Waals surface area (Å²) in [4.78, 5) is 14.1. The van der Waals surface area contributed by atoms with Crippen LogP contribution in [0.3, 0.4) is 0 Å². The summed E-state index contributed by atoms with van der Waals surface area (Å²) in [7, 11) is 0. The molecule has 0 saturated carbocycles. The molecule has 2 aromatic rings. The highest BCUT2D eigenvalue weighted by atomic mass is 35.5. The number of benzene rings is 1. The maximum absolute atomic E-state index is 12.2. The molecule has 1 amide bonds. The van der Waals surface area contributed by atoms with Crippen molar-refractivity contribution in [2.24, 2.45) is 0 Å². The number of carbonyl (C=O) groups is 1. The van der Waals surface area contributed by atoms with Gasteiger partial charge in [-0.15, -0.1) is 11.6 Å². The molecular formula is C18H23ClN2O. The first-order valence-electron chi connectivity index (χ1n) is 7.72. The van der Waals surface area contributed by atoms with Crippen LogP contribution < -0.4 is 0 Å². The lowest BCUT2D eigenvalue weighted by molar-refractivity contribution is -0.131. The second-order valence-corrected chi connectivity index (χ2v) is 6.14. The Hall–Kier alpha value is -1.74. The maximum atomic E-state index is 12.2. The number of alkyl halides is 1. The Balaban J connectivity index is 2.12. The smallest absolute Gasteiger partial charge is 0.240 e. The number of carbonyl (C=O) groups excluding carboxylic acids is 1. The van der Waals surface area contributed by atoms with E-state index >= 15 is 0 Å². The highest BCUT2D eigenvalue weighted by Gasteiger charge is 2.19. The monoisotopic (exact) mass is 318 g/mol. The molecule has 4 heteroatoms. The zero-order chi connectivity index (χ0) is 15.9. The lowest BCUT2D eigenvalue weighted by Gasteiger charge is -2.24. The van der Waals surface area contributed by atoms with Crippen LogP contribution >= 0.6 is 11.6 Å². The Morgan fingerprint density at radius 2 is 1.95 bits per heavy atom. The third-order valence-corrected chi connectivity index (χ3v) is 3.80. The van der Waals surface area contributed by atoms with Gasteiger partial charge in [-0.25, -0.2) is 0 Å². The van der Waals surface area contributed by atoms with Crippen molar-refractivity contribution in [3.8, 4) is 0 Å². The van der Waals surface area contributed by atoms with Gasteiger partial charge in [0, 0.05) is 25.0 Å². The van der Waals surface area contributed by atoms with E-state index in [2.05, 4.69) is 35.9 Å². The molecule has 2 rings (SSSR count). The number of rotatable bonds is 7. The summed E-state index contributed by atoms with van der Waals surface area (Å²) >= 11 is 5.97. The van der Waals surface area contributed by atoms with Crippen molar-refractivity contribution in [2.75, 3.05) is 6.54 Å². The first-order valence-corrected chi connectivity index (χ1v) is 8.16. The van der Waals surface area contributed by atoms with Crippen LogP contribution in [0.2, 0.25) is 0 Å². The van der Waals surface area contributed by atoms with E-state index in [0.717, 1.165) is 25.2 Å². The standard InChI is InChI=1S/C18H23ClN2O/c1-3-11-21(18(22)15(2)19)14-17-10-7-12-20(17)13-16-8-5-4-6-9-16/h4-10,12,15H,3,11,13-14H2,1-2H3/t15-/m0/s1. The van der Waals surface area contributed by atoms with Gasteiger partial charge in [-0.05, 0) is 31.0 Å². The molecule has 0 fully saturated rings. The van der Waals surface area contributed by atoms with Crippen LogP contribution in [0.25, 0.3) is 0 Å². The Kier molecular flexibility index (Phi) is 6.08. The average Bonchev–Trinajstić information content (AvgIpc) is 2.94. The first-order chi connectivity index (χ1) is 10.6. The fourth-order valence-electron chi connectivity index (χ4n) is 2.51. The van der Waals surface area contributed by atoms with Crippen molar-refractivity contribution >= 4 is 17.5 Å². The van der Waals surface area contributed by atoms with Gasteiger partial charge in [0.05, 0.1) is 6.54 Å². The number of hydrogen-bond acceptors (Lipinski definition) is 1. The second-order valence-electron chi connectivity index (χ2n) is 5.49. The molecule has 0 aliphatic heterocycles. The highest BCUT2D eigenvalue weighted by molar-refractivity contribution is 6.30. The quantitative estimate of drug-likeness (QED) is 0.711. The van der Waals surface area contributed by atoms with Crippen LogP contribution in [-0.4, -0.2) is 27.3 Å². The lowest BCUT2D eigenvalue weighted by atomic mass is 10.2. The SMILES string of the molecule is CCCN(Cc1cccn1Cc1ccccc1)C(=O)[C@H](C)Cl. The number of halogens is 1. The van der Waals surface area contributed by atoms with Crippen molar-refractivity contribution in [2.45, 2.75) is 38.7 Å². The molecule has 0 saturated heterocycles. The molecule has 1 aromatic carbocycles. The Morgan fingerprint density at radius 3 is 2.59 bits per heavy atom. The van der Waals surface area contributed by atoms with Crippen LogP contribution in [0.15, 0.2) is 48.7 Å². The Bertz CT molecular complexity index is 592. The molecule has 0 aliphatic carbocycles. The Morgan fingerprint density at radius 1 is 1.23 bits per heavy atom. The van der Waals surface area contributed by atoms with Crippen LogP contribution in [0, 0.1) is 0 Å². The van der Waals surface area contributed by atoms with Crippen molar-refractivity contribution in [3.05, 3.63) is 59.9 Å². The van der Waals surface area contributed by atoms with Crippen molar-refractivity contribution < 1.29 is 4.79 Å². The summed E-state index contributed by atoms with van der Waals surface area (Å²) in [5, 5.41) is -0.482. The van der Waals surface area contributed by atoms with Gasteiger partial charge in [0.1, 0.15) is 5.38 Å². The van der Waals surface area contributed by atoms with E-state index < -0.39 is 5.38 Å². The minimum atomic E-state index is -0.482. The fourth-order valence-corrected chi connectivity index (χ4v) is 2.65. The van der Waals surface area contributed by atoms with Gasteiger partial charge in [0.2, 0.25) is 5.91 Å². The molecule has 0 spiro atoms. The Labute approximate surface area is 137 Å². The minimum Gasteiger partial charge on any atom is -0.345 e. The number of amides is 1. The van der Waals surface area contributed by atoms with Gasteiger partial charge in [-0.3, -0.25) is 4.79 Å². The molecule has 1 atom stereocenters. The normalized spacial score (nSPS) is 12.1. The zero-order valence-electron chi connectivity index (χ0n) is 13.2. The molecule has 0 N–H and O–H groups in total. The summed E-state index contributed by atoms with van der Waals surface area (Å²) in [6.45, 7) is 5.95. The molecule has 1 heterocycles. The molecule has 1 aromatic heterocycles. The molecule has 0 unspecified atom stereocenters. The molecule has 0 bridgehead atoms. The van der Waals surface area contributed by atoms with E-state index in [-0.39, 0.29) is 5.91 Å². The minimum absolute atomic E-state index is 0.00372. The summed E-state index contributed by atoms with van der Waals surface area (Å²) < 4.78 is 2.18. The van der Waals surface area contributed by atoms with Crippen molar-refractivity contribution in [1.82, 2.24) is 9.47 Å². The van der Waals surface area contributed by atoms with Gasteiger partial charge in [0.25, 0.3) is 0 Å². The number of nitrogens with zero attached hydrogens (tertiary/aromatic N) is 2. The molecule has 0 aliphatic rings. The van der Waals surface area contributed by atoms with Gasteiger partial charge in [-0.2, -0.15) is 0 Å². The number of aromatic nitrogens is 1. The van der Waals surface area contributed by atoms with Crippen LogP contribution in [0.5, 0.6) is 0 Å². The molecule has 22 heavy (non-hydrogen) atoms. The second kappa shape index (κ2) is 8.04. The zero-order valence-corrected chi connectivity index (χ0v) is 14.0. The van der Waals surface area contributed by atoms with Gasteiger partial charge in [-0.1, -0.05) is 37.3 Å². The van der Waals surface area contributed by atoms with E-state index in [9.17, 15) is 4.79 Å². The lowest BCUT2D eigenvalue weighted by Crippen LogP contribution is -2.36. The molecular weight excluding hydrogens is 296 g/mol. The third kappa shape index (κ3) is 4.38. The van der Waals surface area contributed by atoms with Gasteiger partial charge in [0.15, 0.2) is 0 Å². The summed E-state index contributed by atoms with van der Waals surface area (Å²) in [5.74, 6) is -0.00372. The van der Waals surface area contributed by atoms with E-state index in [0.29, 0.717) is 6.54 Å². The summed E-state index contributed by atoms with van der Waals surface area (Å²) in [6.07, 6.45) is 2.98.